The summed E-state index contributed by atoms with van der Waals surface area (Å²) in [6, 6.07) is 10.0. The Kier molecular flexibility index (Phi) is 9.88. The van der Waals surface area contributed by atoms with Crippen LogP contribution in [-0.2, 0) is 11.2 Å². The zero-order valence-electron chi connectivity index (χ0n) is 16.9. The first kappa shape index (κ1) is 23.1. The number of hydrogen-bond donors (Lipinski definition) is 4. The average molecular weight is 404 g/mol. The van der Waals surface area contributed by atoms with Crippen molar-refractivity contribution in [3.8, 4) is 0 Å². The fraction of sp³-hybridized carbons (Fsp3) is 0.565. The van der Waals surface area contributed by atoms with Gasteiger partial charge in [-0.15, -0.1) is 0 Å². The highest BCUT2D eigenvalue weighted by molar-refractivity contribution is 6.02. The van der Waals surface area contributed by atoms with E-state index in [1.165, 1.54) is 5.56 Å². The Morgan fingerprint density at radius 3 is 2.59 bits per heavy atom. The standard InChI is InChI=1S/C23H33NO5/c25-18(13-12-17-8-4-3-5-9-17)14-15-19-20(22(26)16-21(19)24-29)10-6-1-2-7-11-23(27)28/h3-5,8-9,15,18,20,22,25-26,29H,1-2,6-7,10-14,16H2,(H,27,28)/b19-15+,24-21-/t18-,20+,22-/m0/s1. The molecular formula is C23H33NO5. The maximum absolute atomic E-state index is 10.6. The van der Waals surface area contributed by atoms with Crippen molar-refractivity contribution in [3.63, 3.8) is 0 Å². The van der Waals surface area contributed by atoms with Crippen LogP contribution in [-0.4, -0.2) is 44.4 Å². The van der Waals surface area contributed by atoms with Crippen molar-refractivity contribution in [2.45, 2.75) is 76.4 Å². The summed E-state index contributed by atoms with van der Waals surface area (Å²) in [7, 11) is 0. The second-order valence-corrected chi connectivity index (χ2v) is 7.84. The fourth-order valence-corrected chi connectivity index (χ4v) is 3.95. The molecule has 0 bridgehead atoms. The number of hydrogen-bond acceptors (Lipinski definition) is 5. The number of carboxylic acids is 1. The van der Waals surface area contributed by atoms with Crippen LogP contribution in [0, 0.1) is 5.92 Å². The first-order valence-corrected chi connectivity index (χ1v) is 10.5. The molecular weight excluding hydrogens is 370 g/mol. The molecule has 4 N–H and O–H groups in total. The molecule has 0 unspecified atom stereocenters. The van der Waals surface area contributed by atoms with Gasteiger partial charge >= 0.3 is 5.97 Å². The minimum absolute atomic E-state index is 0.0957. The zero-order valence-corrected chi connectivity index (χ0v) is 16.9. The lowest BCUT2D eigenvalue weighted by Crippen LogP contribution is -2.15. The lowest BCUT2D eigenvalue weighted by atomic mass is 9.92. The molecule has 0 heterocycles. The Morgan fingerprint density at radius 2 is 1.90 bits per heavy atom. The lowest BCUT2D eigenvalue weighted by molar-refractivity contribution is -0.137. The highest BCUT2D eigenvalue weighted by Gasteiger charge is 2.34. The Morgan fingerprint density at radius 1 is 1.17 bits per heavy atom. The summed E-state index contributed by atoms with van der Waals surface area (Å²) < 4.78 is 0. The number of oxime groups is 1. The largest absolute Gasteiger partial charge is 0.481 e. The summed E-state index contributed by atoms with van der Waals surface area (Å²) in [5, 5.41) is 42.1. The van der Waals surface area contributed by atoms with E-state index < -0.39 is 18.2 Å². The molecule has 29 heavy (non-hydrogen) atoms. The number of nitrogens with zero attached hydrogens (tertiary/aromatic N) is 1. The lowest BCUT2D eigenvalue weighted by Gasteiger charge is -2.16. The second kappa shape index (κ2) is 12.4. The maximum atomic E-state index is 10.6. The summed E-state index contributed by atoms with van der Waals surface area (Å²) in [6.07, 6.45) is 7.36. The Balaban J connectivity index is 1.84. The minimum atomic E-state index is -0.768. The molecule has 2 rings (SSSR count). The zero-order chi connectivity index (χ0) is 21.1. The molecule has 6 heteroatoms. The summed E-state index contributed by atoms with van der Waals surface area (Å²) in [4.78, 5) is 10.6. The first-order valence-electron chi connectivity index (χ1n) is 10.5. The molecule has 0 spiro atoms. The van der Waals surface area contributed by atoms with Gasteiger partial charge in [-0.05, 0) is 43.2 Å². The number of aliphatic carboxylic acids is 1. The van der Waals surface area contributed by atoms with E-state index in [0.717, 1.165) is 37.7 Å². The Bertz CT molecular complexity index is 686. The predicted octanol–water partition coefficient (Wildman–Crippen LogP) is 3.93. The highest BCUT2D eigenvalue weighted by atomic mass is 16.4. The number of carbonyl (C=O) groups is 1. The van der Waals surface area contributed by atoms with E-state index >= 15 is 0 Å². The van der Waals surface area contributed by atoms with Crippen molar-refractivity contribution in [1.29, 1.82) is 0 Å². The van der Waals surface area contributed by atoms with E-state index in [9.17, 15) is 20.2 Å². The van der Waals surface area contributed by atoms with Crippen molar-refractivity contribution < 1.29 is 25.3 Å². The van der Waals surface area contributed by atoms with Gasteiger partial charge in [0.15, 0.2) is 0 Å². The number of unbranched alkanes of at least 4 members (excludes halogenated alkanes) is 3. The number of rotatable bonds is 12. The van der Waals surface area contributed by atoms with Crippen LogP contribution in [0.3, 0.4) is 0 Å². The third-order valence-corrected chi connectivity index (χ3v) is 5.60. The van der Waals surface area contributed by atoms with Gasteiger partial charge in [0.05, 0.1) is 17.9 Å². The average Bonchev–Trinajstić information content (AvgIpc) is 3.02. The van der Waals surface area contributed by atoms with E-state index in [1.54, 1.807) is 0 Å². The van der Waals surface area contributed by atoms with Crippen LogP contribution in [0.25, 0.3) is 0 Å². The molecule has 1 saturated carbocycles. The Labute approximate surface area is 172 Å². The number of carboxylic acid groups (broad SMARTS) is 1. The topological polar surface area (TPSA) is 110 Å². The van der Waals surface area contributed by atoms with Gasteiger partial charge in [-0.2, -0.15) is 0 Å². The van der Waals surface area contributed by atoms with Crippen molar-refractivity contribution in [3.05, 3.63) is 47.5 Å². The van der Waals surface area contributed by atoms with Crippen LogP contribution in [0.4, 0.5) is 0 Å². The highest BCUT2D eigenvalue weighted by Crippen LogP contribution is 2.34. The fourth-order valence-electron chi connectivity index (χ4n) is 3.95. The predicted molar refractivity (Wildman–Crippen MR) is 112 cm³/mol. The molecule has 1 fully saturated rings. The molecule has 1 aromatic carbocycles. The van der Waals surface area contributed by atoms with Gasteiger partial charge in [-0.1, -0.05) is 60.8 Å². The molecule has 160 valence electrons. The maximum Gasteiger partial charge on any atom is 0.303 e. The summed E-state index contributed by atoms with van der Waals surface area (Å²) in [5.41, 5.74) is 2.53. The van der Waals surface area contributed by atoms with Crippen LogP contribution < -0.4 is 0 Å². The molecule has 1 aliphatic carbocycles. The normalized spacial score (nSPS) is 23.0. The van der Waals surface area contributed by atoms with E-state index in [2.05, 4.69) is 5.16 Å². The molecule has 0 aliphatic heterocycles. The quantitative estimate of drug-likeness (QED) is 0.240. The monoisotopic (exact) mass is 403 g/mol. The molecule has 0 saturated heterocycles. The second-order valence-electron chi connectivity index (χ2n) is 7.84. The van der Waals surface area contributed by atoms with Crippen molar-refractivity contribution in [1.82, 2.24) is 0 Å². The molecule has 1 aromatic rings. The summed E-state index contributed by atoms with van der Waals surface area (Å²) in [6.45, 7) is 0. The molecule has 6 nitrogen and oxygen atoms in total. The van der Waals surface area contributed by atoms with Crippen LogP contribution in [0.15, 0.2) is 47.1 Å². The molecule has 0 aromatic heterocycles. The SMILES string of the molecule is O=C(O)CCCCCC[C@@H]1C(=C\C[C@@H](O)CCc2ccccc2)/C(=N\O)C[C@@H]1O. The van der Waals surface area contributed by atoms with Crippen LogP contribution in [0.5, 0.6) is 0 Å². The van der Waals surface area contributed by atoms with E-state index in [4.69, 9.17) is 5.11 Å². The van der Waals surface area contributed by atoms with Crippen LogP contribution in [0.2, 0.25) is 0 Å². The van der Waals surface area contributed by atoms with Gasteiger partial charge < -0.3 is 20.5 Å². The Hall–Kier alpha value is -2.18. The van der Waals surface area contributed by atoms with Crippen LogP contribution >= 0.6 is 0 Å². The molecule has 3 atom stereocenters. The number of aliphatic hydroxyl groups excluding tert-OH is 2. The third kappa shape index (κ3) is 7.99. The van der Waals surface area contributed by atoms with Crippen molar-refractivity contribution >= 4 is 11.7 Å². The molecule has 1 aliphatic rings. The number of benzene rings is 1. The smallest absolute Gasteiger partial charge is 0.303 e. The first-order chi connectivity index (χ1) is 14.0. The van der Waals surface area contributed by atoms with Crippen LogP contribution in [0.1, 0.15) is 63.4 Å². The van der Waals surface area contributed by atoms with Gasteiger partial charge in [-0.25, -0.2) is 0 Å². The van der Waals surface area contributed by atoms with Crippen molar-refractivity contribution in [2.75, 3.05) is 0 Å². The van der Waals surface area contributed by atoms with E-state index in [-0.39, 0.29) is 12.3 Å². The van der Waals surface area contributed by atoms with Gasteiger partial charge in [0.2, 0.25) is 0 Å². The minimum Gasteiger partial charge on any atom is -0.481 e. The van der Waals surface area contributed by atoms with Gasteiger partial charge in [0.25, 0.3) is 0 Å². The number of aryl methyl sites for hydroxylation is 1. The summed E-state index contributed by atoms with van der Waals surface area (Å²) >= 11 is 0. The number of aliphatic hydroxyl groups is 2. The molecule has 0 radical (unpaired) electrons. The summed E-state index contributed by atoms with van der Waals surface area (Å²) in [5.74, 6) is -0.863. The third-order valence-electron chi connectivity index (χ3n) is 5.60. The van der Waals surface area contributed by atoms with Crippen molar-refractivity contribution in [2.24, 2.45) is 11.1 Å². The van der Waals surface area contributed by atoms with E-state index in [0.29, 0.717) is 31.4 Å². The van der Waals surface area contributed by atoms with Gasteiger partial charge in [-0.3, -0.25) is 4.79 Å². The van der Waals surface area contributed by atoms with E-state index in [1.807, 2.05) is 36.4 Å². The van der Waals surface area contributed by atoms with Gasteiger partial charge in [0.1, 0.15) is 0 Å². The van der Waals surface area contributed by atoms with Gasteiger partial charge in [0, 0.05) is 18.8 Å². The molecule has 0 amide bonds.